The second-order valence-electron chi connectivity index (χ2n) is 4.76. The van der Waals surface area contributed by atoms with E-state index in [4.69, 9.17) is 0 Å². The number of halogens is 1. The number of nitrogens with zero attached hydrogens (tertiary/aromatic N) is 2. The van der Waals surface area contributed by atoms with E-state index in [1.165, 1.54) is 6.07 Å². The number of hydrogen-bond acceptors (Lipinski definition) is 5. The average Bonchev–Trinajstić information content (AvgIpc) is 2.41. The van der Waals surface area contributed by atoms with Crippen LogP contribution in [0.2, 0.25) is 0 Å². The summed E-state index contributed by atoms with van der Waals surface area (Å²) in [6.45, 7) is 0. The Kier molecular flexibility index (Phi) is 4.71. The van der Waals surface area contributed by atoms with E-state index < -0.39 is 4.92 Å². The third-order valence-electron chi connectivity index (χ3n) is 3.51. The number of aromatic nitrogens is 1. The Bertz CT molecular complexity index is 461. The summed E-state index contributed by atoms with van der Waals surface area (Å²) in [6, 6.07) is 2.30. The largest absolute Gasteiger partial charge is 0.362 e. The van der Waals surface area contributed by atoms with Gasteiger partial charge < -0.3 is 10.6 Å². The van der Waals surface area contributed by atoms with Crippen LogP contribution in [0.4, 0.5) is 11.5 Å². The predicted molar refractivity (Wildman–Crippen MR) is 77.3 cm³/mol. The van der Waals surface area contributed by atoms with Gasteiger partial charge in [-0.1, -0.05) is 0 Å². The molecule has 0 aromatic carbocycles. The molecule has 1 aromatic rings. The van der Waals surface area contributed by atoms with Crippen molar-refractivity contribution >= 4 is 27.4 Å². The fourth-order valence-corrected chi connectivity index (χ4v) is 2.72. The molecule has 1 fully saturated rings. The minimum atomic E-state index is -0.403. The molecular weight excluding hydrogens is 312 g/mol. The molecule has 0 aliphatic heterocycles. The van der Waals surface area contributed by atoms with Crippen LogP contribution in [0.3, 0.4) is 0 Å². The summed E-state index contributed by atoms with van der Waals surface area (Å²) in [5, 5.41) is 17.5. The molecule has 104 valence electrons. The van der Waals surface area contributed by atoms with Crippen LogP contribution in [0.25, 0.3) is 0 Å². The molecule has 0 unspecified atom stereocenters. The topological polar surface area (TPSA) is 80.1 Å². The van der Waals surface area contributed by atoms with Crippen molar-refractivity contribution in [2.24, 2.45) is 0 Å². The molecule has 0 bridgehead atoms. The Morgan fingerprint density at radius 3 is 2.58 bits per heavy atom. The Morgan fingerprint density at radius 2 is 2.00 bits per heavy atom. The van der Waals surface area contributed by atoms with E-state index in [-0.39, 0.29) is 11.7 Å². The van der Waals surface area contributed by atoms with E-state index >= 15 is 0 Å². The van der Waals surface area contributed by atoms with Crippen LogP contribution >= 0.6 is 15.9 Å². The molecule has 2 rings (SSSR count). The summed E-state index contributed by atoms with van der Waals surface area (Å²) in [5.74, 6) is 0.362. The maximum absolute atomic E-state index is 11.0. The highest BCUT2D eigenvalue weighted by Gasteiger charge is 2.23. The summed E-state index contributed by atoms with van der Waals surface area (Å²) in [5.41, 5.74) is 0.0186. The van der Waals surface area contributed by atoms with E-state index in [1.807, 2.05) is 7.05 Å². The Labute approximate surface area is 120 Å². The van der Waals surface area contributed by atoms with Crippen LogP contribution < -0.4 is 10.6 Å². The second kappa shape index (κ2) is 6.29. The van der Waals surface area contributed by atoms with Crippen LogP contribution in [0, 0.1) is 10.1 Å². The van der Waals surface area contributed by atoms with Gasteiger partial charge in [-0.15, -0.1) is 0 Å². The van der Waals surface area contributed by atoms with Gasteiger partial charge in [0, 0.05) is 28.8 Å². The lowest BCUT2D eigenvalue weighted by Gasteiger charge is -2.28. The smallest absolute Gasteiger partial charge is 0.312 e. The minimum absolute atomic E-state index is 0.0186. The van der Waals surface area contributed by atoms with E-state index in [0.717, 1.165) is 25.7 Å². The molecule has 2 N–H and O–H groups in total. The van der Waals surface area contributed by atoms with Gasteiger partial charge in [0.15, 0.2) is 0 Å². The van der Waals surface area contributed by atoms with Crippen LogP contribution in [0.5, 0.6) is 0 Å². The zero-order valence-corrected chi connectivity index (χ0v) is 12.3. The molecule has 6 nitrogen and oxygen atoms in total. The molecule has 0 spiro atoms. The van der Waals surface area contributed by atoms with Gasteiger partial charge in [-0.3, -0.25) is 10.1 Å². The molecule has 1 aromatic heterocycles. The third-order valence-corrected chi connectivity index (χ3v) is 3.94. The van der Waals surface area contributed by atoms with E-state index in [2.05, 4.69) is 31.5 Å². The van der Waals surface area contributed by atoms with Crippen molar-refractivity contribution in [2.75, 3.05) is 12.4 Å². The molecule has 1 aliphatic carbocycles. The molecule has 0 amide bonds. The molecule has 1 heterocycles. The second-order valence-corrected chi connectivity index (χ2v) is 5.68. The maximum atomic E-state index is 11.0. The molecule has 0 atom stereocenters. The van der Waals surface area contributed by atoms with Gasteiger partial charge in [-0.25, -0.2) is 4.98 Å². The molecule has 19 heavy (non-hydrogen) atoms. The third kappa shape index (κ3) is 3.63. The highest BCUT2D eigenvalue weighted by molar-refractivity contribution is 9.10. The van der Waals surface area contributed by atoms with Gasteiger partial charge in [0.05, 0.1) is 4.92 Å². The first-order valence-electron chi connectivity index (χ1n) is 6.34. The lowest BCUT2D eigenvalue weighted by Crippen LogP contribution is -2.35. The zero-order valence-electron chi connectivity index (χ0n) is 10.7. The number of nitrogens with one attached hydrogen (secondary N) is 2. The molecular formula is C12H17BrN4O2. The van der Waals surface area contributed by atoms with Gasteiger partial charge >= 0.3 is 5.69 Å². The molecule has 1 saturated carbocycles. The van der Waals surface area contributed by atoms with E-state index in [1.54, 1.807) is 6.20 Å². The standard InChI is InChI=1S/C12H17BrN4O2/c1-14-9-2-4-10(5-3-9)16-12-11(17(18)19)6-8(13)7-15-12/h6-7,9-10,14H,2-5H2,1H3,(H,15,16). The number of hydrogen-bond donors (Lipinski definition) is 2. The van der Waals surface area contributed by atoms with Crippen LogP contribution in [-0.2, 0) is 0 Å². The summed E-state index contributed by atoms with van der Waals surface area (Å²) >= 11 is 3.20. The lowest BCUT2D eigenvalue weighted by molar-refractivity contribution is -0.384. The number of pyridine rings is 1. The fourth-order valence-electron chi connectivity index (χ4n) is 2.40. The van der Waals surface area contributed by atoms with Crippen molar-refractivity contribution < 1.29 is 4.92 Å². The van der Waals surface area contributed by atoms with Gasteiger partial charge in [-0.05, 0) is 48.7 Å². The van der Waals surface area contributed by atoms with Gasteiger partial charge in [0.25, 0.3) is 0 Å². The van der Waals surface area contributed by atoms with Crippen molar-refractivity contribution in [1.82, 2.24) is 10.3 Å². The molecule has 0 saturated heterocycles. The van der Waals surface area contributed by atoms with Crippen LogP contribution in [0.1, 0.15) is 25.7 Å². The first-order valence-corrected chi connectivity index (χ1v) is 7.13. The molecule has 7 heteroatoms. The van der Waals surface area contributed by atoms with Gasteiger partial charge in [-0.2, -0.15) is 0 Å². The minimum Gasteiger partial charge on any atom is -0.362 e. The first-order chi connectivity index (χ1) is 9.10. The average molecular weight is 329 g/mol. The SMILES string of the molecule is CNC1CCC(Nc2ncc(Br)cc2[N+](=O)[O-])CC1. The number of nitro groups is 1. The van der Waals surface area contributed by atoms with Gasteiger partial charge in [0.2, 0.25) is 5.82 Å². The van der Waals surface area contributed by atoms with Crippen LogP contribution in [-0.4, -0.2) is 29.0 Å². The monoisotopic (exact) mass is 328 g/mol. The zero-order chi connectivity index (χ0) is 13.8. The van der Waals surface area contributed by atoms with Crippen molar-refractivity contribution in [3.8, 4) is 0 Å². The van der Waals surface area contributed by atoms with Crippen molar-refractivity contribution in [3.05, 3.63) is 26.9 Å². The summed E-state index contributed by atoms with van der Waals surface area (Å²) < 4.78 is 0.614. The normalized spacial score (nSPS) is 23.1. The van der Waals surface area contributed by atoms with E-state index in [0.29, 0.717) is 16.3 Å². The van der Waals surface area contributed by atoms with Crippen molar-refractivity contribution in [2.45, 2.75) is 37.8 Å². The Balaban J connectivity index is 2.05. The van der Waals surface area contributed by atoms with Crippen molar-refractivity contribution in [3.63, 3.8) is 0 Å². The fraction of sp³-hybridized carbons (Fsp3) is 0.583. The highest BCUT2D eigenvalue weighted by atomic mass is 79.9. The Morgan fingerprint density at radius 1 is 1.37 bits per heavy atom. The van der Waals surface area contributed by atoms with E-state index in [9.17, 15) is 10.1 Å². The highest BCUT2D eigenvalue weighted by Crippen LogP contribution is 2.28. The summed E-state index contributed by atoms with van der Waals surface area (Å²) in [4.78, 5) is 14.7. The Hall–Kier alpha value is -1.21. The maximum Gasteiger partial charge on any atom is 0.312 e. The molecule has 1 aliphatic rings. The number of anilines is 1. The molecule has 0 radical (unpaired) electrons. The van der Waals surface area contributed by atoms with Gasteiger partial charge in [0.1, 0.15) is 0 Å². The quantitative estimate of drug-likeness (QED) is 0.656. The van der Waals surface area contributed by atoms with Crippen LogP contribution in [0.15, 0.2) is 16.7 Å². The van der Waals surface area contributed by atoms with Crippen molar-refractivity contribution in [1.29, 1.82) is 0 Å². The number of rotatable bonds is 4. The predicted octanol–water partition coefficient (Wildman–Crippen LogP) is 2.69. The first kappa shape index (κ1) is 14.2. The summed E-state index contributed by atoms with van der Waals surface area (Å²) in [6.07, 6.45) is 5.74. The lowest BCUT2D eigenvalue weighted by atomic mass is 9.91. The summed E-state index contributed by atoms with van der Waals surface area (Å²) in [7, 11) is 1.97.